The number of carbonyl (C=O) groups is 1. The minimum absolute atomic E-state index is 0.213. The highest BCUT2D eigenvalue weighted by molar-refractivity contribution is 5.83. The van der Waals surface area contributed by atoms with Crippen molar-refractivity contribution in [3.05, 3.63) is 76.2 Å². The van der Waals surface area contributed by atoms with E-state index in [0.29, 0.717) is 29.9 Å². The number of nitrogens with zero attached hydrogens (tertiary/aromatic N) is 1. The second kappa shape index (κ2) is 7.77. The van der Waals surface area contributed by atoms with E-state index in [0.717, 1.165) is 5.56 Å². The molecule has 6 nitrogen and oxygen atoms in total. The first kappa shape index (κ1) is 17.6. The predicted octanol–water partition coefficient (Wildman–Crippen LogP) is 2.37. The minimum Gasteiger partial charge on any atom is -0.355 e. The van der Waals surface area contributed by atoms with Crippen molar-refractivity contribution in [1.82, 2.24) is 20.5 Å². The fourth-order valence-electron chi connectivity index (χ4n) is 2.68. The number of halogens is 1. The van der Waals surface area contributed by atoms with Crippen molar-refractivity contribution in [2.45, 2.75) is 19.3 Å². The van der Waals surface area contributed by atoms with E-state index in [4.69, 9.17) is 0 Å². The van der Waals surface area contributed by atoms with Gasteiger partial charge < -0.3 is 5.32 Å². The van der Waals surface area contributed by atoms with Gasteiger partial charge in [0.2, 0.25) is 5.91 Å². The Morgan fingerprint density at radius 2 is 2.00 bits per heavy atom. The number of hydrogen-bond donors (Lipinski definition) is 3. The van der Waals surface area contributed by atoms with Crippen LogP contribution in [-0.4, -0.2) is 27.6 Å². The molecule has 0 aliphatic rings. The Morgan fingerprint density at radius 3 is 2.65 bits per heavy atom. The van der Waals surface area contributed by atoms with Crippen molar-refractivity contribution in [1.29, 1.82) is 0 Å². The van der Waals surface area contributed by atoms with E-state index in [1.54, 1.807) is 19.1 Å². The highest BCUT2D eigenvalue weighted by Crippen LogP contribution is 2.26. The number of aromatic amines is 2. The van der Waals surface area contributed by atoms with Gasteiger partial charge in [-0.25, -0.2) is 14.3 Å². The van der Waals surface area contributed by atoms with Gasteiger partial charge in [0, 0.05) is 18.5 Å². The van der Waals surface area contributed by atoms with Crippen LogP contribution in [0.2, 0.25) is 0 Å². The summed E-state index contributed by atoms with van der Waals surface area (Å²) in [5.41, 5.74) is 1.52. The minimum atomic E-state index is -0.493. The van der Waals surface area contributed by atoms with Crippen LogP contribution < -0.4 is 11.0 Å². The third-order valence-corrected chi connectivity index (χ3v) is 4.18. The summed E-state index contributed by atoms with van der Waals surface area (Å²) in [6.45, 7) is 2.05. The third kappa shape index (κ3) is 4.05. The standard InChI is InChI=1S/C19H19FN4O2/c1-12(18(25)21-10-9-17-22-19(26)24-23-17)14-7-8-15(16(20)11-14)13-5-3-2-4-6-13/h2-8,11-12H,9-10H2,1H3,(H,21,25)(H2,22,23,24,26). The maximum absolute atomic E-state index is 14.5. The molecule has 1 atom stereocenters. The fraction of sp³-hybridized carbons (Fsp3) is 0.211. The van der Waals surface area contributed by atoms with Gasteiger partial charge in [-0.3, -0.25) is 9.78 Å². The highest BCUT2D eigenvalue weighted by atomic mass is 19.1. The van der Waals surface area contributed by atoms with Crippen molar-refractivity contribution >= 4 is 5.91 Å². The average Bonchev–Trinajstić information content (AvgIpc) is 3.06. The lowest BCUT2D eigenvalue weighted by Crippen LogP contribution is -2.30. The molecule has 2 aromatic carbocycles. The molecule has 3 rings (SSSR count). The molecular formula is C19H19FN4O2. The number of hydrogen-bond acceptors (Lipinski definition) is 3. The maximum Gasteiger partial charge on any atom is 0.340 e. The molecule has 7 heteroatoms. The molecule has 0 aliphatic carbocycles. The van der Waals surface area contributed by atoms with Gasteiger partial charge in [-0.05, 0) is 24.1 Å². The first-order valence-corrected chi connectivity index (χ1v) is 8.30. The summed E-state index contributed by atoms with van der Waals surface area (Å²) < 4.78 is 14.5. The Morgan fingerprint density at radius 1 is 1.23 bits per heavy atom. The third-order valence-electron chi connectivity index (χ3n) is 4.18. The van der Waals surface area contributed by atoms with Crippen LogP contribution in [0, 0.1) is 5.82 Å². The molecule has 0 bridgehead atoms. The zero-order valence-corrected chi connectivity index (χ0v) is 14.3. The van der Waals surface area contributed by atoms with E-state index < -0.39 is 5.92 Å². The van der Waals surface area contributed by atoms with Gasteiger partial charge in [0.05, 0.1) is 5.92 Å². The van der Waals surface area contributed by atoms with E-state index in [1.807, 2.05) is 30.3 Å². The lowest BCUT2D eigenvalue weighted by molar-refractivity contribution is -0.122. The van der Waals surface area contributed by atoms with Gasteiger partial charge in [0.1, 0.15) is 11.6 Å². The van der Waals surface area contributed by atoms with Crippen molar-refractivity contribution < 1.29 is 9.18 Å². The van der Waals surface area contributed by atoms with Crippen LogP contribution in [0.5, 0.6) is 0 Å². The number of amides is 1. The molecule has 0 aliphatic heterocycles. The zero-order valence-electron chi connectivity index (χ0n) is 14.3. The molecule has 0 saturated carbocycles. The van der Waals surface area contributed by atoms with Crippen LogP contribution in [0.4, 0.5) is 4.39 Å². The Labute approximate surface area is 149 Å². The molecule has 1 heterocycles. The van der Waals surface area contributed by atoms with Gasteiger partial charge in [-0.15, -0.1) is 0 Å². The van der Waals surface area contributed by atoms with Crippen molar-refractivity contribution in [2.75, 3.05) is 6.54 Å². The molecule has 1 aromatic heterocycles. The quantitative estimate of drug-likeness (QED) is 0.635. The first-order valence-electron chi connectivity index (χ1n) is 8.30. The predicted molar refractivity (Wildman–Crippen MR) is 96.2 cm³/mol. The molecule has 1 unspecified atom stereocenters. The van der Waals surface area contributed by atoms with Crippen LogP contribution in [0.1, 0.15) is 24.2 Å². The summed E-state index contributed by atoms with van der Waals surface area (Å²) in [7, 11) is 0. The molecule has 0 fully saturated rings. The summed E-state index contributed by atoms with van der Waals surface area (Å²) in [5.74, 6) is -0.592. The fourth-order valence-corrected chi connectivity index (χ4v) is 2.68. The number of rotatable bonds is 6. The SMILES string of the molecule is CC(C(=O)NCCc1n[nH]c(=O)[nH]1)c1ccc(-c2ccccc2)c(F)c1. The Hall–Kier alpha value is -3.22. The van der Waals surface area contributed by atoms with Gasteiger partial charge in [0.25, 0.3) is 0 Å². The van der Waals surface area contributed by atoms with Crippen LogP contribution in [0.3, 0.4) is 0 Å². The number of benzene rings is 2. The van der Waals surface area contributed by atoms with E-state index in [-0.39, 0.29) is 17.4 Å². The summed E-state index contributed by atoms with van der Waals surface area (Å²) in [6.07, 6.45) is 0.401. The largest absolute Gasteiger partial charge is 0.355 e. The summed E-state index contributed by atoms with van der Waals surface area (Å²) >= 11 is 0. The summed E-state index contributed by atoms with van der Waals surface area (Å²) in [6, 6.07) is 14.1. The van der Waals surface area contributed by atoms with Crippen LogP contribution >= 0.6 is 0 Å². The van der Waals surface area contributed by atoms with Gasteiger partial charge in [0.15, 0.2) is 0 Å². The Balaban J connectivity index is 1.63. The normalized spacial score (nSPS) is 11.9. The second-order valence-electron chi connectivity index (χ2n) is 5.99. The van der Waals surface area contributed by atoms with Crippen molar-refractivity contribution in [3.63, 3.8) is 0 Å². The molecule has 1 amide bonds. The smallest absolute Gasteiger partial charge is 0.340 e. The summed E-state index contributed by atoms with van der Waals surface area (Å²) in [4.78, 5) is 25.7. The van der Waals surface area contributed by atoms with Crippen molar-refractivity contribution in [3.8, 4) is 11.1 Å². The number of H-pyrrole nitrogens is 2. The maximum atomic E-state index is 14.5. The van der Waals surface area contributed by atoms with E-state index >= 15 is 0 Å². The lowest BCUT2D eigenvalue weighted by Gasteiger charge is -2.13. The molecule has 3 aromatic rings. The van der Waals surface area contributed by atoms with Crippen molar-refractivity contribution in [2.24, 2.45) is 0 Å². The van der Waals surface area contributed by atoms with E-state index in [2.05, 4.69) is 20.5 Å². The first-order chi connectivity index (χ1) is 12.5. The molecule has 134 valence electrons. The molecule has 0 radical (unpaired) electrons. The number of nitrogens with one attached hydrogen (secondary N) is 3. The van der Waals surface area contributed by atoms with Crippen LogP contribution in [0.25, 0.3) is 11.1 Å². The Kier molecular flexibility index (Phi) is 5.26. The van der Waals surface area contributed by atoms with Crippen LogP contribution in [-0.2, 0) is 11.2 Å². The molecular weight excluding hydrogens is 335 g/mol. The lowest BCUT2D eigenvalue weighted by atomic mass is 9.96. The highest BCUT2D eigenvalue weighted by Gasteiger charge is 2.17. The molecule has 26 heavy (non-hydrogen) atoms. The monoisotopic (exact) mass is 354 g/mol. The zero-order chi connectivity index (χ0) is 18.5. The van der Waals surface area contributed by atoms with Gasteiger partial charge in [-0.1, -0.05) is 42.5 Å². The van der Waals surface area contributed by atoms with Gasteiger partial charge in [-0.2, -0.15) is 5.10 Å². The molecule has 3 N–H and O–H groups in total. The van der Waals surface area contributed by atoms with E-state index in [1.165, 1.54) is 6.07 Å². The topological polar surface area (TPSA) is 90.6 Å². The summed E-state index contributed by atoms with van der Waals surface area (Å²) in [5, 5.41) is 8.80. The van der Waals surface area contributed by atoms with Gasteiger partial charge >= 0.3 is 5.69 Å². The second-order valence-corrected chi connectivity index (χ2v) is 5.99. The van der Waals surface area contributed by atoms with E-state index in [9.17, 15) is 14.0 Å². The number of carbonyl (C=O) groups excluding carboxylic acids is 1. The molecule has 0 saturated heterocycles. The average molecular weight is 354 g/mol. The molecule has 0 spiro atoms. The number of aromatic nitrogens is 3. The van der Waals surface area contributed by atoms with Crippen LogP contribution in [0.15, 0.2) is 53.3 Å². The Bertz CT molecular complexity index is 949.